The molecule has 0 N–H and O–H groups in total. The Morgan fingerprint density at radius 1 is 1.21 bits per heavy atom. The van der Waals surface area contributed by atoms with Gasteiger partial charge in [0.05, 0.1) is 19.5 Å². The van der Waals surface area contributed by atoms with Crippen LogP contribution in [0.15, 0.2) is 18.7 Å². The van der Waals surface area contributed by atoms with Crippen LogP contribution in [0.1, 0.15) is 32.6 Å². The van der Waals surface area contributed by atoms with Gasteiger partial charge in [-0.05, 0) is 19.3 Å². The molecular weight excluding hydrogens is 358 g/mol. The summed E-state index contributed by atoms with van der Waals surface area (Å²) >= 11 is 0. The Hall–Kier alpha value is -1.93. The highest BCUT2D eigenvalue weighted by Gasteiger charge is 2.29. The Labute approximate surface area is 167 Å². The highest BCUT2D eigenvalue weighted by molar-refractivity contribution is 5.77. The van der Waals surface area contributed by atoms with Crippen LogP contribution in [0.5, 0.6) is 0 Å². The number of aryl methyl sites for hydroxylation is 1. The zero-order chi connectivity index (χ0) is 19.8. The second kappa shape index (κ2) is 10.6. The lowest BCUT2D eigenvalue weighted by Crippen LogP contribution is -2.52. The minimum absolute atomic E-state index is 0.111. The van der Waals surface area contributed by atoms with E-state index in [4.69, 9.17) is 4.74 Å². The maximum atomic E-state index is 12.6. The van der Waals surface area contributed by atoms with Crippen molar-refractivity contribution in [1.29, 1.82) is 0 Å². The monoisotopic (exact) mass is 391 g/mol. The van der Waals surface area contributed by atoms with Gasteiger partial charge < -0.3 is 19.1 Å². The number of nitrogens with zero attached hydrogens (tertiary/aromatic N) is 5. The first kappa shape index (κ1) is 20.8. The molecule has 0 radical (unpaired) electrons. The van der Waals surface area contributed by atoms with Crippen molar-refractivity contribution in [3.8, 4) is 0 Å². The van der Waals surface area contributed by atoms with E-state index >= 15 is 0 Å². The van der Waals surface area contributed by atoms with Crippen molar-refractivity contribution in [1.82, 2.24) is 24.3 Å². The molecule has 1 atom stereocenters. The fourth-order valence-electron chi connectivity index (χ4n) is 4.12. The normalized spacial score (nSPS) is 20.9. The molecule has 2 saturated heterocycles. The van der Waals surface area contributed by atoms with E-state index < -0.39 is 0 Å². The van der Waals surface area contributed by atoms with Gasteiger partial charge in [0.25, 0.3) is 0 Å². The molecule has 1 aromatic rings. The van der Waals surface area contributed by atoms with Crippen LogP contribution < -0.4 is 0 Å². The lowest BCUT2D eigenvalue weighted by atomic mass is 10.0. The summed E-state index contributed by atoms with van der Waals surface area (Å²) in [6.07, 6.45) is 8.70. The predicted octanol–water partition coefficient (Wildman–Crippen LogP) is 0.835. The lowest BCUT2D eigenvalue weighted by molar-refractivity contribution is -0.138. The zero-order valence-corrected chi connectivity index (χ0v) is 17.0. The first-order chi connectivity index (χ1) is 13.6. The number of rotatable bonds is 8. The number of piperidine rings is 1. The molecule has 0 saturated carbocycles. The maximum absolute atomic E-state index is 12.6. The predicted molar refractivity (Wildman–Crippen MR) is 106 cm³/mol. The van der Waals surface area contributed by atoms with Gasteiger partial charge in [0.1, 0.15) is 0 Å². The van der Waals surface area contributed by atoms with Crippen LogP contribution in [0.4, 0.5) is 0 Å². The van der Waals surface area contributed by atoms with Gasteiger partial charge in [0.15, 0.2) is 0 Å². The molecule has 0 bridgehead atoms. The topological polar surface area (TPSA) is 70.9 Å². The van der Waals surface area contributed by atoms with Crippen molar-refractivity contribution in [3.63, 3.8) is 0 Å². The number of imidazole rings is 1. The van der Waals surface area contributed by atoms with Gasteiger partial charge in [-0.1, -0.05) is 0 Å². The van der Waals surface area contributed by atoms with Crippen molar-refractivity contribution in [2.24, 2.45) is 0 Å². The van der Waals surface area contributed by atoms with Crippen molar-refractivity contribution in [2.75, 3.05) is 52.5 Å². The third kappa shape index (κ3) is 6.04. The van der Waals surface area contributed by atoms with Crippen LogP contribution in [0, 0.1) is 0 Å². The Morgan fingerprint density at radius 2 is 2.04 bits per heavy atom. The summed E-state index contributed by atoms with van der Waals surface area (Å²) in [6, 6.07) is 0.133. The van der Waals surface area contributed by atoms with Crippen LogP contribution in [0.25, 0.3) is 0 Å². The van der Waals surface area contributed by atoms with Gasteiger partial charge in [-0.15, -0.1) is 0 Å². The fourth-order valence-corrected chi connectivity index (χ4v) is 4.12. The molecule has 0 spiro atoms. The molecule has 1 unspecified atom stereocenters. The van der Waals surface area contributed by atoms with E-state index in [1.54, 1.807) is 19.4 Å². The number of morpholine rings is 1. The quantitative estimate of drug-likeness (QED) is 0.657. The number of aromatic nitrogens is 2. The van der Waals surface area contributed by atoms with Crippen molar-refractivity contribution in [2.45, 2.75) is 45.2 Å². The van der Waals surface area contributed by atoms with E-state index in [-0.39, 0.29) is 17.9 Å². The third-order valence-electron chi connectivity index (χ3n) is 5.71. The van der Waals surface area contributed by atoms with Gasteiger partial charge in [-0.3, -0.25) is 14.5 Å². The highest BCUT2D eigenvalue weighted by Crippen LogP contribution is 2.18. The molecule has 8 nitrogen and oxygen atoms in total. The van der Waals surface area contributed by atoms with Crippen molar-refractivity contribution >= 4 is 11.8 Å². The number of amides is 2. The van der Waals surface area contributed by atoms with E-state index in [2.05, 4.69) is 9.88 Å². The van der Waals surface area contributed by atoms with Gasteiger partial charge in [-0.25, -0.2) is 4.98 Å². The van der Waals surface area contributed by atoms with Crippen molar-refractivity contribution < 1.29 is 14.3 Å². The molecule has 2 aliphatic rings. The summed E-state index contributed by atoms with van der Waals surface area (Å²) in [5.41, 5.74) is 0. The van der Waals surface area contributed by atoms with Gasteiger partial charge >= 0.3 is 0 Å². The average molecular weight is 392 g/mol. The number of ether oxygens (including phenoxy) is 1. The van der Waals surface area contributed by atoms with Crippen LogP contribution in [0.2, 0.25) is 0 Å². The molecule has 2 fully saturated rings. The SMILES string of the molecule is CC(=O)N(CCCN1CCOCC1)C1CCCN(C(=O)CCn2ccnc2)C1. The molecule has 28 heavy (non-hydrogen) atoms. The van der Waals surface area contributed by atoms with E-state index in [1.165, 1.54) is 0 Å². The van der Waals surface area contributed by atoms with Crippen molar-refractivity contribution in [3.05, 3.63) is 18.7 Å². The Balaban J connectivity index is 1.46. The second-order valence-electron chi connectivity index (χ2n) is 7.71. The molecule has 2 amide bonds. The van der Waals surface area contributed by atoms with E-state index in [0.29, 0.717) is 19.5 Å². The molecule has 0 aliphatic carbocycles. The number of carbonyl (C=O) groups excluding carboxylic acids is 2. The van der Waals surface area contributed by atoms with Gasteiger partial charge in [0.2, 0.25) is 11.8 Å². The van der Waals surface area contributed by atoms with E-state index in [0.717, 1.165) is 65.2 Å². The van der Waals surface area contributed by atoms with Crippen LogP contribution in [-0.4, -0.2) is 94.6 Å². The van der Waals surface area contributed by atoms with Crippen LogP contribution in [-0.2, 0) is 20.9 Å². The summed E-state index contributed by atoms with van der Waals surface area (Å²) in [5, 5.41) is 0. The van der Waals surface area contributed by atoms with Gasteiger partial charge in [0, 0.05) is 77.6 Å². The second-order valence-corrected chi connectivity index (χ2v) is 7.71. The molecule has 2 aliphatic heterocycles. The highest BCUT2D eigenvalue weighted by atomic mass is 16.5. The zero-order valence-electron chi connectivity index (χ0n) is 17.0. The molecular formula is C20H33N5O3. The first-order valence-corrected chi connectivity index (χ1v) is 10.4. The number of likely N-dealkylation sites (tertiary alicyclic amines) is 1. The Kier molecular flexibility index (Phi) is 7.85. The van der Waals surface area contributed by atoms with Gasteiger partial charge in [-0.2, -0.15) is 0 Å². The van der Waals surface area contributed by atoms with E-state index in [9.17, 15) is 9.59 Å². The summed E-state index contributed by atoms with van der Waals surface area (Å²) in [4.78, 5) is 35.2. The standard InChI is InChI=1S/C20H33N5O3/c1-18(26)25(9-3-7-22-12-14-28-15-13-22)19-4-2-8-24(16-19)20(27)5-10-23-11-6-21-17-23/h6,11,17,19H,2-5,7-10,12-16H2,1H3. The largest absolute Gasteiger partial charge is 0.379 e. The smallest absolute Gasteiger partial charge is 0.224 e. The average Bonchev–Trinajstić information content (AvgIpc) is 3.24. The number of hydrogen-bond donors (Lipinski definition) is 0. The molecule has 0 aromatic carbocycles. The van der Waals surface area contributed by atoms with E-state index in [1.807, 2.05) is 20.6 Å². The minimum Gasteiger partial charge on any atom is -0.379 e. The Bertz CT molecular complexity index is 615. The molecule has 8 heteroatoms. The summed E-state index contributed by atoms with van der Waals surface area (Å²) in [7, 11) is 0. The molecule has 156 valence electrons. The molecule has 3 heterocycles. The lowest BCUT2D eigenvalue weighted by Gasteiger charge is -2.39. The Morgan fingerprint density at radius 3 is 2.75 bits per heavy atom. The fraction of sp³-hybridized carbons (Fsp3) is 0.750. The molecule has 1 aromatic heterocycles. The van der Waals surface area contributed by atoms with Crippen LogP contribution in [0.3, 0.4) is 0 Å². The third-order valence-corrected chi connectivity index (χ3v) is 5.71. The summed E-state index contributed by atoms with van der Waals surface area (Å²) in [6.45, 7) is 9.04. The first-order valence-electron chi connectivity index (χ1n) is 10.4. The summed E-state index contributed by atoms with van der Waals surface area (Å²) in [5.74, 6) is 0.273. The van der Waals surface area contributed by atoms with Crippen LogP contribution >= 0.6 is 0 Å². The molecule has 3 rings (SSSR count). The number of hydrogen-bond acceptors (Lipinski definition) is 5. The number of carbonyl (C=O) groups is 2. The minimum atomic E-state index is 0.111. The summed E-state index contributed by atoms with van der Waals surface area (Å²) < 4.78 is 7.31. The maximum Gasteiger partial charge on any atom is 0.224 e.